The summed E-state index contributed by atoms with van der Waals surface area (Å²) in [7, 11) is 0. The number of nitrogens with one attached hydrogen (secondary N) is 1. The Morgan fingerprint density at radius 1 is 1.33 bits per heavy atom. The number of benzene rings is 1. The summed E-state index contributed by atoms with van der Waals surface area (Å²) in [6, 6.07) is 7.80. The van der Waals surface area contributed by atoms with E-state index < -0.39 is 0 Å². The van der Waals surface area contributed by atoms with E-state index in [1.165, 1.54) is 0 Å². The highest BCUT2D eigenvalue weighted by atomic mass is 79.9. The molecule has 0 amide bonds. The normalized spacial score (nSPS) is 10.0. The molecule has 1 aromatic rings. The van der Waals surface area contributed by atoms with Gasteiger partial charge in [0.15, 0.2) is 0 Å². The fraction of sp³-hybridized carbons (Fsp3) is 0.273. The van der Waals surface area contributed by atoms with Gasteiger partial charge in [-0.2, -0.15) is 0 Å². The van der Waals surface area contributed by atoms with Crippen LogP contribution in [-0.2, 0) is 0 Å². The van der Waals surface area contributed by atoms with E-state index in [1.807, 2.05) is 24.3 Å². The predicted octanol–water partition coefficient (Wildman–Crippen LogP) is 3.33. The van der Waals surface area contributed by atoms with E-state index >= 15 is 0 Å². The molecule has 4 heteroatoms. The van der Waals surface area contributed by atoms with Crippen molar-refractivity contribution >= 4 is 31.9 Å². The third-order valence-corrected chi connectivity index (χ3v) is 2.49. The van der Waals surface area contributed by atoms with Crippen molar-refractivity contribution in [3.8, 4) is 5.75 Å². The van der Waals surface area contributed by atoms with Gasteiger partial charge in [-0.05, 0) is 24.3 Å². The lowest BCUT2D eigenvalue weighted by molar-refractivity contribution is 0.316. The van der Waals surface area contributed by atoms with Crippen LogP contribution in [0.4, 0.5) is 0 Å². The SMILES string of the molecule is C=C(Br)CNCCOc1ccc(Br)cc1. The molecule has 0 saturated heterocycles. The molecule has 0 spiro atoms. The number of rotatable bonds is 6. The summed E-state index contributed by atoms with van der Waals surface area (Å²) in [4.78, 5) is 0. The second kappa shape index (κ2) is 7.04. The molecule has 0 bridgehead atoms. The predicted molar refractivity (Wildman–Crippen MR) is 70.6 cm³/mol. The highest BCUT2D eigenvalue weighted by Gasteiger charge is 1.93. The van der Waals surface area contributed by atoms with E-state index in [9.17, 15) is 0 Å². The fourth-order valence-corrected chi connectivity index (χ4v) is 1.46. The van der Waals surface area contributed by atoms with Gasteiger partial charge < -0.3 is 10.1 Å². The van der Waals surface area contributed by atoms with Crippen molar-refractivity contribution in [1.82, 2.24) is 5.32 Å². The first-order chi connectivity index (χ1) is 7.18. The van der Waals surface area contributed by atoms with Crippen LogP contribution >= 0.6 is 31.9 Å². The third-order valence-electron chi connectivity index (χ3n) is 1.68. The van der Waals surface area contributed by atoms with Gasteiger partial charge in [-0.1, -0.05) is 38.4 Å². The quantitative estimate of drug-likeness (QED) is 0.806. The molecule has 0 fully saturated rings. The number of hydrogen-bond donors (Lipinski definition) is 1. The van der Waals surface area contributed by atoms with Gasteiger partial charge in [-0.3, -0.25) is 0 Å². The third kappa shape index (κ3) is 5.97. The standard InChI is InChI=1S/C11H13Br2NO/c1-9(12)8-14-6-7-15-11-4-2-10(13)3-5-11/h2-5,14H,1,6-8H2. The minimum atomic E-state index is 0.655. The van der Waals surface area contributed by atoms with Crippen molar-refractivity contribution in [2.75, 3.05) is 19.7 Å². The van der Waals surface area contributed by atoms with Crippen molar-refractivity contribution in [2.24, 2.45) is 0 Å². The summed E-state index contributed by atoms with van der Waals surface area (Å²) in [5.74, 6) is 0.887. The van der Waals surface area contributed by atoms with E-state index in [1.54, 1.807) is 0 Å². The van der Waals surface area contributed by atoms with Gasteiger partial charge in [-0.25, -0.2) is 0 Å². The number of halogens is 2. The van der Waals surface area contributed by atoms with E-state index in [4.69, 9.17) is 4.74 Å². The van der Waals surface area contributed by atoms with E-state index in [2.05, 4.69) is 43.8 Å². The lowest BCUT2D eigenvalue weighted by atomic mass is 10.3. The zero-order valence-electron chi connectivity index (χ0n) is 8.30. The summed E-state index contributed by atoms with van der Waals surface area (Å²) in [5.41, 5.74) is 0. The maximum absolute atomic E-state index is 5.51. The van der Waals surface area contributed by atoms with Crippen molar-refractivity contribution in [2.45, 2.75) is 0 Å². The van der Waals surface area contributed by atoms with Crippen LogP contribution < -0.4 is 10.1 Å². The molecule has 1 aromatic carbocycles. The Hall–Kier alpha value is -0.320. The van der Waals surface area contributed by atoms with Crippen molar-refractivity contribution in [1.29, 1.82) is 0 Å². The van der Waals surface area contributed by atoms with Crippen LogP contribution in [0.25, 0.3) is 0 Å². The second-order valence-electron chi connectivity index (χ2n) is 3.00. The van der Waals surface area contributed by atoms with Crippen LogP contribution in [0.15, 0.2) is 39.8 Å². The van der Waals surface area contributed by atoms with Crippen molar-refractivity contribution in [3.05, 3.63) is 39.8 Å². The first kappa shape index (κ1) is 12.7. The van der Waals surface area contributed by atoms with Gasteiger partial charge in [-0.15, -0.1) is 0 Å². The van der Waals surface area contributed by atoms with Crippen LogP contribution in [0.2, 0.25) is 0 Å². The van der Waals surface area contributed by atoms with Gasteiger partial charge in [0.1, 0.15) is 12.4 Å². The highest BCUT2D eigenvalue weighted by Crippen LogP contribution is 2.15. The van der Waals surface area contributed by atoms with Crippen LogP contribution in [-0.4, -0.2) is 19.7 Å². The molecule has 0 unspecified atom stereocenters. The molecular weight excluding hydrogens is 322 g/mol. The Labute approximate surface area is 107 Å². The van der Waals surface area contributed by atoms with Gasteiger partial charge in [0.25, 0.3) is 0 Å². The Balaban J connectivity index is 2.15. The summed E-state index contributed by atoms with van der Waals surface area (Å²) >= 11 is 6.65. The lowest BCUT2D eigenvalue weighted by Crippen LogP contribution is -2.21. The van der Waals surface area contributed by atoms with Crippen LogP contribution in [0.5, 0.6) is 5.75 Å². The monoisotopic (exact) mass is 333 g/mol. The van der Waals surface area contributed by atoms with E-state index in [0.717, 1.165) is 27.8 Å². The molecule has 0 aromatic heterocycles. The fourth-order valence-electron chi connectivity index (χ4n) is 0.996. The first-order valence-corrected chi connectivity index (χ1v) is 6.19. The minimum Gasteiger partial charge on any atom is -0.492 e. The zero-order valence-corrected chi connectivity index (χ0v) is 11.5. The molecule has 1 rings (SSSR count). The van der Waals surface area contributed by atoms with Crippen LogP contribution in [0, 0.1) is 0 Å². The molecule has 0 aliphatic carbocycles. The van der Waals surface area contributed by atoms with Gasteiger partial charge in [0.05, 0.1) is 0 Å². The first-order valence-electron chi connectivity index (χ1n) is 4.61. The molecule has 1 N–H and O–H groups in total. The molecule has 2 nitrogen and oxygen atoms in total. The minimum absolute atomic E-state index is 0.655. The summed E-state index contributed by atoms with van der Waals surface area (Å²) in [6.45, 7) is 5.96. The smallest absolute Gasteiger partial charge is 0.119 e. The molecule has 82 valence electrons. The van der Waals surface area contributed by atoms with Crippen LogP contribution in [0.1, 0.15) is 0 Å². The lowest BCUT2D eigenvalue weighted by Gasteiger charge is -2.06. The van der Waals surface area contributed by atoms with Crippen molar-refractivity contribution < 1.29 is 4.74 Å². The Morgan fingerprint density at radius 3 is 2.60 bits per heavy atom. The summed E-state index contributed by atoms with van der Waals surface area (Å²) < 4.78 is 7.52. The second-order valence-corrected chi connectivity index (χ2v) is 5.03. The van der Waals surface area contributed by atoms with Gasteiger partial charge >= 0.3 is 0 Å². The zero-order chi connectivity index (χ0) is 11.1. The average Bonchev–Trinajstić information content (AvgIpc) is 2.20. The van der Waals surface area contributed by atoms with E-state index in [0.29, 0.717) is 6.61 Å². The highest BCUT2D eigenvalue weighted by molar-refractivity contribution is 9.11. The molecule has 0 atom stereocenters. The van der Waals surface area contributed by atoms with Gasteiger partial charge in [0.2, 0.25) is 0 Å². The van der Waals surface area contributed by atoms with Crippen LogP contribution in [0.3, 0.4) is 0 Å². The van der Waals surface area contributed by atoms with E-state index in [-0.39, 0.29) is 0 Å². The summed E-state index contributed by atoms with van der Waals surface area (Å²) in [5, 5.41) is 3.19. The Kier molecular flexibility index (Phi) is 5.98. The molecule has 0 heterocycles. The molecule has 15 heavy (non-hydrogen) atoms. The average molecular weight is 335 g/mol. The summed E-state index contributed by atoms with van der Waals surface area (Å²) in [6.07, 6.45) is 0. The van der Waals surface area contributed by atoms with Crippen molar-refractivity contribution in [3.63, 3.8) is 0 Å². The van der Waals surface area contributed by atoms with Gasteiger partial charge in [0, 0.05) is 22.0 Å². The molecular formula is C11H13Br2NO. The maximum Gasteiger partial charge on any atom is 0.119 e. The Morgan fingerprint density at radius 2 is 2.00 bits per heavy atom. The Bertz CT molecular complexity index is 311. The topological polar surface area (TPSA) is 21.3 Å². The maximum atomic E-state index is 5.51. The molecule has 0 aliphatic heterocycles. The number of hydrogen-bond acceptors (Lipinski definition) is 2. The molecule has 0 aliphatic rings. The number of ether oxygens (including phenoxy) is 1. The molecule has 0 saturated carbocycles. The largest absolute Gasteiger partial charge is 0.492 e. The molecule has 0 radical (unpaired) electrons.